The molecule has 4 nitrogen and oxygen atoms in total. The van der Waals surface area contributed by atoms with Gasteiger partial charge in [-0.3, -0.25) is 0 Å². The standard InChI is InChI=1S/C12H23N3O/c1-5-15(6-2)8-7-13-9-12-10(3)14-11(4)16-12/h13H,5-9H2,1-4H3. The first-order valence-electron chi connectivity index (χ1n) is 6.03. The molecule has 0 aliphatic rings. The zero-order valence-electron chi connectivity index (χ0n) is 10.8. The summed E-state index contributed by atoms with van der Waals surface area (Å²) in [4.78, 5) is 6.63. The van der Waals surface area contributed by atoms with Gasteiger partial charge >= 0.3 is 0 Å². The van der Waals surface area contributed by atoms with E-state index in [2.05, 4.69) is 29.0 Å². The van der Waals surface area contributed by atoms with Crippen LogP contribution in [-0.4, -0.2) is 36.1 Å². The van der Waals surface area contributed by atoms with Crippen LogP contribution < -0.4 is 5.32 Å². The smallest absolute Gasteiger partial charge is 0.191 e. The van der Waals surface area contributed by atoms with E-state index in [1.165, 1.54) is 0 Å². The molecular weight excluding hydrogens is 202 g/mol. The number of nitrogens with zero attached hydrogens (tertiary/aromatic N) is 2. The van der Waals surface area contributed by atoms with E-state index in [1.54, 1.807) is 0 Å². The van der Waals surface area contributed by atoms with E-state index in [1.807, 2.05) is 13.8 Å². The van der Waals surface area contributed by atoms with Crippen molar-refractivity contribution >= 4 is 0 Å². The molecule has 92 valence electrons. The summed E-state index contributed by atoms with van der Waals surface area (Å²) in [5, 5.41) is 3.38. The van der Waals surface area contributed by atoms with Crippen LogP contribution in [0.4, 0.5) is 0 Å². The van der Waals surface area contributed by atoms with E-state index < -0.39 is 0 Å². The second kappa shape index (κ2) is 6.66. The molecule has 0 saturated heterocycles. The molecule has 1 rings (SSSR count). The summed E-state index contributed by atoms with van der Waals surface area (Å²) in [7, 11) is 0. The zero-order chi connectivity index (χ0) is 12.0. The van der Waals surface area contributed by atoms with E-state index in [9.17, 15) is 0 Å². The van der Waals surface area contributed by atoms with Gasteiger partial charge in [0.05, 0.1) is 12.2 Å². The lowest BCUT2D eigenvalue weighted by Gasteiger charge is -2.17. The number of nitrogens with one attached hydrogen (secondary N) is 1. The van der Waals surface area contributed by atoms with Crippen molar-refractivity contribution in [2.24, 2.45) is 0 Å². The predicted molar refractivity (Wildman–Crippen MR) is 65.5 cm³/mol. The number of oxazole rings is 1. The van der Waals surface area contributed by atoms with Crippen LogP contribution in [-0.2, 0) is 6.54 Å². The number of rotatable bonds is 7. The lowest BCUT2D eigenvalue weighted by molar-refractivity contribution is 0.300. The monoisotopic (exact) mass is 225 g/mol. The van der Waals surface area contributed by atoms with Crippen molar-refractivity contribution in [3.05, 3.63) is 17.3 Å². The molecule has 0 radical (unpaired) electrons. The molecule has 0 atom stereocenters. The first-order valence-corrected chi connectivity index (χ1v) is 6.03. The lowest BCUT2D eigenvalue weighted by Crippen LogP contribution is -2.31. The zero-order valence-corrected chi connectivity index (χ0v) is 10.8. The fourth-order valence-electron chi connectivity index (χ4n) is 1.72. The van der Waals surface area contributed by atoms with Crippen LogP contribution in [0, 0.1) is 13.8 Å². The van der Waals surface area contributed by atoms with E-state index in [-0.39, 0.29) is 0 Å². The fourth-order valence-corrected chi connectivity index (χ4v) is 1.72. The van der Waals surface area contributed by atoms with Crippen LogP contribution in [0.5, 0.6) is 0 Å². The number of hydrogen-bond donors (Lipinski definition) is 1. The molecule has 0 aliphatic heterocycles. The molecule has 4 heteroatoms. The molecule has 0 aromatic carbocycles. The average molecular weight is 225 g/mol. The van der Waals surface area contributed by atoms with Crippen molar-refractivity contribution in [2.75, 3.05) is 26.2 Å². The first-order chi connectivity index (χ1) is 7.67. The average Bonchev–Trinajstić information content (AvgIpc) is 2.58. The van der Waals surface area contributed by atoms with Crippen molar-refractivity contribution in [3.63, 3.8) is 0 Å². The molecule has 0 saturated carbocycles. The summed E-state index contributed by atoms with van der Waals surface area (Å²) < 4.78 is 5.49. The molecule has 0 fully saturated rings. The fraction of sp³-hybridized carbons (Fsp3) is 0.750. The van der Waals surface area contributed by atoms with Gasteiger partial charge in [0, 0.05) is 20.0 Å². The van der Waals surface area contributed by atoms with Crippen LogP contribution in [0.2, 0.25) is 0 Å². The Morgan fingerprint density at radius 1 is 1.25 bits per heavy atom. The highest BCUT2D eigenvalue weighted by atomic mass is 16.4. The summed E-state index contributed by atoms with van der Waals surface area (Å²) in [5.74, 6) is 1.70. The summed E-state index contributed by atoms with van der Waals surface area (Å²) in [5.41, 5.74) is 0.993. The highest BCUT2D eigenvalue weighted by molar-refractivity contribution is 5.06. The Hall–Kier alpha value is -0.870. The predicted octanol–water partition coefficient (Wildman–Crippen LogP) is 1.72. The molecule has 0 aliphatic carbocycles. The SMILES string of the molecule is CCN(CC)CCNCc1oc(C)nc1C. The van der Waals surface area contributed by atoms with Gasteiger partial charge in [-0.25, -0.2) is 4.98 Å². The lowest BCUT2D eigenvalue weighted by atomic mass is 10.3. The van der Waals surface area contributed by atoms with Gasteiger partial charge in [0.25, 0.3) is 0 Å². The Balaban J connectivity index is 2.23. The van der Waals surface area contributed by atoms with Crippen molar-refractivity contribution < 1.29 is 4.42 Å². The Labute approximate surface area is 98.0 Å². The van der Waals surface area contributed by atoms with E-state index in [0.717, 1.165) is 50.1 Å². The van der Waals surface area contributed by atoms with Crippen LogP contribution >= 0.6 is 0 Å². The minimum atomic E-state index is 0.748. The maximum Gasteiger partial charge on any atom is 0.191 e. The maximum atomic E-state index is 5.49. The van der Waals surface area contributed by atoms with Gasteiger partial charge in [-0.05, 0) is 20.0 Å². The number of hydrogen-bond acceptors (Lipinski definition) is 4. The van der Waals surface area contributed by atoms with Gasteiger partial charge in [0.1, 0.15) is 5.76 Å². The van der Waals surface area contributed by atoms with E-state index in [4.69, 9.17) is 4.42 Å². The second-order valence-corrected chi connectivity index (χ2v) is 3.95. The van der Waals surface area contributed by atoms with Crippen LogP contribution in [0.3, 0.4) is 0 Å². The molecule has 0 unspecified atom stereocenters. The van der Waals surface area contributed by atoms with Crippen LogP contribution in [0.1, 0.15) is 31.2 Å². The number of likely N-dealkylation sites (N-methyl/N-ethyl adjacent to an activating group) is 1. The highest BCUT2D eigenvalue weighted by Crippen LogP contribution is 2.08. The molecule has 0 bridgehead atoms. The third-order valence-corrected chi connectivity index (χ3v) is 2.78. The summed E-state index contributed by atoms with van der Waals surface area (Å²) in [6.45, 7) is 13.3. The van der Waals surface area contributed by atoms with E-state index in [0.29, 0.717) is 0 Å². The Morgan fingerprint density at radius 3 is 2.44 bits per heavy atom. The van der Waals surface area contributed by atoms with Crippen molar-refractivity contribution in [1.82, 2.24) is 15.2 Å². The molecule has 0 spiro atoms. The number of aryl methyl sites for hydroxylation is 2. The van der Waals surface area contributed by atoms with Crippen LogP contribution in [0.25, 0.3) is 0 Å². The summed E-state index contributed by atoms with van der Waals surface area (Å²) in [6.07, 6.45) is 0. The normalized spacial score (nSPS) is 11.3. The minimum absolute atomic E-state index is 0.748. The molecule has 16 heavy (non-hydrogen) atoms. The minimum Gasteiger partial charge on any atom is -0.444 e. The Bertz CT molecular complexity index is 305. The largest absolute Gasteiger partial charge is 0.444 e. The van der Waals surface area contributed by atoms with E-state index >= 15 is 0 Å². The maximum absolute atomic E-state index is 5.49. The summed E-state index contributed by atoms with van der Waals surface area (Å²) in [6, 6.07) is 0. The van der Waals surface area contributed by atoms with Gasteiger partial charge in [-0.15, -0.1) is 0 Å². The van der Waals surface area contributed by atoms with Gasteiger partial charge in [-0.2, -0.15) is 0 Å². The quantitative estimate of drug-likeness (QED) is 0.717. The Kier molecular flexibility index (Phi) is 5.49. The van der Waals surface area contributed by atoms with Gasteiger partial charge in [0.15, 0.2) is 5.89 Å². The van der Waals surface area contributed by atoms with Crippen molar-refractivity contribution in [3.8, 4) is 0 Å². The number of aromatic nitrogens is 1. The molecule has 1 aromatic rings. The van der Waals surface area contributed by atoms with Crippen molar-refractivity contribution in [1.29, 1.82) is 0 Å². The Morgan fingerprint density at radius 2 is 1.94 bits per heavy atom. The third-order valence-electron chi connectivity index (χ3n) is 2.78. The molecular formula is C12H23N3O. The molecule has 1 aromatic heterocycles. The molecule has 1 heterocycles. The molecule has 1 N–H and O–H groups in total. The highest BCUT2D eigenvalue weighted by Gasteiger charge is 2.05. The van der Waals surface area contributed by atoms with Gasteiger partial charge < -0.3 is 14.6 Å². The van der Waals surface area contributed by atoms with Gasteiger partial charge in [-0.1, -0.05) is 13.8 Å². The molecule has 0 amide bonds. The van der Waals surface area contributed by atoms with Crippen molar-refractivity contribution in [2.45, 2.75) is 34.2 Å². The van der Waals surface area contributed by atoms with Crippen LogP contribution in [0.15, 0.2) is 4.42 Å². The first kappa shape index (κ1) is 13.2. The van der Waals surface area contributed by atoms with Gasteiger partial charge in [0.2, 0.25) is 0 Å². The second-order valence-electron chi connectivity index (χ2n) is 3.95. The topological polar surface area (TPSA) is 41.3 Å². The third kappa shape index (κ3) is 3.94. The summed E-state index contributed by atoms with van der Waals surface area (Å²) >= 11 is 0.